The van der Waals surface area contributed by atoms with Crippen LogP contribution < -0.4 is 15.4 Å². The van der Waals surface area contributed by atoms with Crippen molar-refractivity contribution >= 4 is 34.5 Å². The van der Waals surface area contributed by atoms with E-state index >= 15 is 0 Å². The number of nitrogens with one attached hydrogen (secondary N) is 2. The standard InChI is InChI=1S/C24H24N2O3S/c1-15-7-12-21-17(13-15)14-22(30-21)24(28)25-18-10-8-16(9-11-18)23(27)26-19-5-3-4-6-20(19)29-2/h3-6,8-11,14-15H,7,12-13H2,1-2H3,(H,25,28)(H,26,27). The molecule has 30 heavy (non-hydrogen) atoms. The summed E-state index contributed by atoms with van der Waals surface area (Å²) in [5.74, 6) is 0.936. The van der Waals surface area contributed by atoms with Crippen molar-refractivity contribution in [1.82, 2.24) is 0 Å². The first-order valence-electron chi connectivity index (χ1n) is 10.0. The number of carbonyl (C=O) groups excluding carboxylic acids is 2. The van der Waals surface area contributed by atoms with Crippen LogP contribution >= 0.6 is 11.3 Å². The molecule has 1 aromatic heterocycles. The lowest BCUT2D eigenvalue weighted by atomic mass is 9.90. The van der Waals surface area contributed by atoms with Crippen LogP contribution in [0.15, 0.2) is 54.6 Å². The molecule has 2 aromatic carbocycles. The van der Waals surface area contributed by atoms with Crippen LogP contribution in [-0.4, -0.2) is 18.9 Å². The summed E-state index contributed by atoms with van der Waals surface area (Å²) in [4.78, 5) is 27.3. The Morgan fingerprint density at radius 3 is 2.57 bits per heavy atom. The molecule has 3 aromatic rings. The molecule has 0 radical (unpaired) electrons. The van der Waals surface area contributed by atoms with Gasteiger partial charge in [-0.2, -0.15) is 0 Å². The Hall–Kier alpha value is -3.12. The topological polar surface area (TPSA) is 67.4 Å². The molecule has 0 saturated carbocycles. The van der Waals surface area contributed by atoms with Gasteiger partial charge in [-0.05, 0) is 73.2 Å². The first-order valence-corrected chi connectivity index (χ1v) is 10.8. The first kappa shape index (κ1) is 20.2. The van der Waals surface area contributed by atoms with Gasteiger partial charge in [0, 0.05) is 16.1 Å². The maximum Gasteiger partial charge on any atom is 0.265 e. The van der Waals surface area contributed by atoms with E-state index in [0.717, 1.165) is 17.7 Å². The monoisotopic (exact) mass is 420 g/mol. The number of anilines is 2. The van der Waals surface area contributed by atoms with Gasteiger partial charge in [0.2, 0.25) is 0 Å². The molecule has 1 aliphatic rings. The van der Waals surface area contributed by atoms with Crippen molar-refractivity contribution < 1.29 is 14.3 Å². The summed E-state index contributed by atoms with van der Waals surface area (Å²) in [6.45, 7) is 2.26. The van der Waals surface area contributed by atoms with Gasteiger partial charge in [0.1, 0.15) is 5.75 Å². The van der Waals surface area contributed by atoms with Gasteiger partial charge < -0.3 is 15.4 Å². The third-order valence-corrected chi connectivity index (χ3v) is 6.55. The van der Waals surface area contributed by atoms with E-state index in [-0.39, 0.29) is 11.8 Å². The van der Waals surface area contributed by atoms with Crippen molar-refractivity contribution in [2.24, 2.45) is 5.92 Å². The second-order valence-corrected chi connectivity index (χ2v) is 8.73. The maximum absolute atomic E-state index is 12.7. The van der Waals surface area contributed by atoms with Crippen LogP contribution in [0.2, 0.25) is 0 Å². The molecule has 4 rings (SSSR count). The second-order valence-electron chi connectivity index (χ2n) is 7.59. The number of rotatable bonds is 5. The molecular formula is C24H24N2O3S. The predicted octanol–water partition coefficient (Wildman–Crippen LogP) is 5.39. The van der Waals surface area contributed by atoms with Gasteiger partial charge in [0.25, 0.3) is 11.8 Å². The summed E-state index contributed by atoms with van der Waals surface area (Å²) in [6.07, 6.45) is 3.30. The van der Waals surface area contributed by atoms with E-state index in [0.29, 0.717) is 28.6 Å². The number of fused-ring (bicyclic) bond motifs is 1. The molecule has 2 amide bonds. The van der Waals surface area contributed by atoms with Gasteiger partial charge >= 0.3 is 0 Å². The van der Waals surface area contributed by atoms with Gasteiger partial charge in [0.05, 0.1) is 17.7 Å². The van der Waals surface area contributed by atoms with Gasteiger partial charge in [-0.1, -0.05) is 19.1 Å². The summed E-state index contributed by atoms with van der Waals surface area (Å²) >= 11 is 1.59. The zero-order valence-electron chi connectivity index (χ0n) is 17.0. The zero-order valence-corrected chi connectivity index (χ0v) is 17.8. The van der Waals surface area contributed by atoms with Crippen LogP contribution in [0, 0.1) is 5.92 Å². The van der Waals surface area contributed by atoms with E-state index in [4.69, 9.17) is 4.74 Å². The Morgan fingerprint density at radius 2 is 1.80 bits per heavy atom. The number of aryl methyl sites for hydroxylation is 1. The van der Waals surface area contributed by atoms with Crippen molar-refractivity contribution in [2.75, 3.05) is 17.7 Å². The minimum Gasteiger partial charge on any atom is -0.495 e. The number of carbonyl (C=O) groups is 2. The normalized spacial score (nSPS) is 15.2. The lowest BCUT2D eigenvalue weighted by Gasteiger charge is -2.16. The van der Waals surface area contributed by atoms with Gasteiger partial charge in [-0.15, -0.1) is 11.3 Å². The Labute approximate surface area is 180 Å². The molecule has 2 N–H and O–H groups in total. The zero-order chi connectivity index (χ0) is 21.1. The number of benzene rings is 2. The van der Waals surface area contributed by atoms with Crippen molar-refractivity contribution in [1.29, 1.82) is 0 Å². The van der Waals surface area contributed by atoms with Gasteiger partial charge in [-0.3, -0.25) is 9.59 Å². The highest BCUT2D eigenvalue weighted by molar-refractivity contribution is 7.14. The van der Waals surface area contributed by atoms with Crippen molar-refractivity contribution in [3.63, 3.8) is 0 Å². The summed E-state index contributed by atoms with van der Waals surface area (Å²) in [5, 5.41) is 5.78. The van der Waals surface area contributed by atoms with Crippen LogP contribution in [0.5, 0.6) is 5.75 Å². The molecule has 1 atom stereocenters. The molecule has 154 valence electrons. The van der Waals surface area contributed by atoms with E-state index < -0.39 is 0 Å². The fraction of sp³-hybridized carbons (Fsp3) is 0.250. The molecule has 0 bridgehead atoms. The average Bonchev–Trinajstić information content (AvgIpc) is 3.18. The second kappa shape index (κ2) is 8.71. The quantitative estimate of drug-likeness (QED) is 0.582. The fourth-order valence-electron chi connectivity index (χ4n) is 3.66. The van der Waals surface area contributed by atoms with E-state index in [1.54, 1.807) is 54.8 Å². The largest absolute Gasteiger partial charge is 0.495 e. The molecule has 1 unspecified atom stereocenters. The van der Waals surface area contributed by atoms with E-state index in [1.165, 1.54) is 16.9 Å². The predicted molar refractivity (Wildman–Crippen MR) is 121 cm³/mol. The summed E-state index contributed by atoms with van der Waals surface area (Å²) < 4.78 is 5.26. The van der Waals surface area contributed by atoms with Crippen LogP contribution in [0.4, 0.5) is 11.4 Å². The molecule has 1 heterocycles. The summed E-state index contributed by atoms with van der Waals surface area (Å²) in [7, 11) is 1.56. The molecular weight excluding hydrogens is 396 g/mol. The number of methoxy groups -OCH3 is 1. The lowest BCUT2D eigenvalue weighted by Crippen LogP contribution is -2.13. The highest BCUT2D eigenvalue weighted by atomic mass is 32.1. The third kappa shape index (κ3) is 4.39. The van der Waals surface area contributed by atoms with Crippen LogP contribution in [0.25, 0.3) is 0 Å². The average molecular weight is 421 g/mol. The number of amides is 2. The molecule has 0 saturated heterocycles. The van der Waals surface area contributed by atoms with Gasteiger partial charge in [-0.25, -0.2) is 0 Å². The summed E-state index contributed by atoms with van der Waals surface area (Å²) in [6, 6.07) is 16.2. The van der Waals surface area contributed by atoms with Crippen LogP contribution in [0.1, 0.15) is 43.8 Å². The Kier molecular flexibility index (Phi) is 5.86. The molecule has 0 aliphatic heterocycles. The number of para-hydroxylation sites is 2. The number of hydrogen-bond donors (Lipinski definition) is 2. The Balaban J connectivity index is 1.41. The van der Waals surface area contributed by atoms with E-state index in [2.05, 4.69) is 17.6 Å². The van der Waals surface area contributed by atoms with Crippen LogP contribution in [0.3, 0.4) is 0 Å². The number of hydrogen-bond acceptors (Lipinski definition) is 4. The minimum absolute atomic E-state index is 0.103. The smallest absolute Gasteiger partial charge is 0.265 e. The Bertz CT molecular complexity index is 1070. The fourth-order valence-corrected chi connectivity index (χ4v) is 4.76. The molecule has 5 nitrogen and oxygen atoms in total. The lowest BCUT2D eigenvalue weighted by molar-refractivity contribution is 0.102. The van der Waals surface area contributed by atoms with Crippen molar-refractivity contribution in [2.45, 2.75) is 26.2 Å². The summed E-state index contributed by atoms with van der Waals surface area (Å²) in [5.41, 5.74) is 3.08. The molecule has 0 fully saturated rings. The minimum atomic E-state index is -0.238. The molecule has 0 spiro atoms. The highest BCUT2D eigenvalue weighted by Crippen LogP contribution is 2.32. The van der Waals surface area contributed by atoms with E-state index in [9.17, 15) is 9.59 Å². The SMILES string of the molecule is COc1ccccc1NC(=O)c1ccc(NC(=O)c2cc3c(s2)CCC(C)C3)cc1. The number of thiophene rings is 1. The van der Waals surface area contributed by atoms with E-state index in [1.807, 2.05) is 18.2 Å². The molecule has 6 heteroatoms. The van der Waals surface area contributed by atoms with Crippen molar-refractivity contribution in [3.8, 4) is 5.75 Å². The Morgan fingerprint density at radius 1 is 1.03 bits per heavy atom. The number of ether oxygens (including phenoxy) is 1. The highest BCUT2D eigenvalue weighted by Gasteiger charge is 2.20. The van der Waals surface area contributed by atoms with Crippen molar-refractivity contribution in [3.05, 3.63) is 75.5 Å². The maximum atomic E-state index is 12.7. The van der Waals surface area contributed by atoms with Crippen LogP contribution in [-0.2, 0) is 12.8 Å². The molecule has 1 aliphatic carbocycles. The third-order valence-electron chi connectivity index (χ3n) is 5.31. The first-order chi connectivity index (χ1) is 14.5. The van der Waals surface area contributed by atoms with Gasteiger partial charge in [0.15, 0.2) is 0 Å².